The molecule has 1 amide bonds. The summed E-state index contributed by atoms with van der Waals surface area (Å²) < 4.78 is 28.6. The first-order valence-corrected chi connectivity index (χ1v) is 9.59. The van der Waals surface area contributed by atoms with Crippen LogP contribution in [0.25, 0.3) is 0 Å². The van der Waals surface area contributed by atoms with Gasteiger partial charge in [-0.1, -0.05) is 12.1 Å². The zero-order valence-electron chi connectivity index (χ0n) is 14.6. The number of hydrogen-bond acceptors (Lipinski definition) is 4. The summed E-state index contributed by atoms with van der Waals surface area (Å²) in [5.74, 6) is -0.0989. The molecule has 0 radical (unpaired) electrons. The molecule has 8 heteroatoms. The first-order valence-electron chi connectivity index (χ1n) is 8.15. The van der Waals surface area contributed by atoms with Crippen molar-refractivity contribution in [2.45, 2.75) is 18.7 Å². The van der Waals surface area contributed by atoms with Crippen LogP contribution >= 0.6 is 0 Å². The molecule has 3 rings (SSSR count). The minimum Gasteiger partial charge on any atom is -0.336 e. The Morgan fingerprint density at radius 3 is 2.36 bits per heavy atom. The first-order chi connectivity index (χ1) is 11.8. The van der Waals surface area contributed by atoms with Crippen molar-refractivity contribution in [3.8, 4) is 0 Å². The van der Waals surface area contributed by atoms with E-state index in [0.29, 0.717) is 36.6 Å². The normalized spacial score (nSPS) is 16.2. The van der Waals surface area contributed by atoms with Crippen LogP contribution < -0.4 is 0 Å². The summed E-state index contributed by atoms with van der Waals surface area (Å²) in [5.41, 5.74) is 2.28. The van der Waals surface area contributed by atoms with Crippen LogP contribution in [0.3, 0.4) is 0 Å². The number of aromatic nitrogens is 2. The number of benzene rings is 1. The second-order valence-corrected chi connectivity index (χ2v) is 8.22. The van der Waals surface area contributed by atoms with Gasteiger partial charge >= 0.3 is 0 Å². The number of aryl methyl sites for hydroxylation is 2. The van der Waals surface area contributed by atoms with Gasteiger partial charge < -0.3 is 4.90 Å². The van der Waals surface area contributed by atoms with Crippen molar-refractivity contribution >= 4 is 15.9 Å². The van der Waals surface area contributed by atoms with Crippen LogP contribution in [-0.4, -0.2) is 59.5 Å². The molecule has 1 saturated heterocycles. The molecule has 0 spiro atoms. The molecule has 1 aliphatic heterocycles. The highest BCUT2D eigenvalue weighted by Gasteiger charge is 2.31. The van der Waals surface area contributed by atoms with Crippen LogP contribution in [0.15, 0.2) is 35.4 Å². The fraction of sp³-hybridized carbons (Fsp3) is 0.412. The summed E-state index contributed by atoms with van der Waals surface area (Å²) in [6.07, 6.45) is 1.56. The maximum absolute atomic E-state index is 12.8. The molecule has 134 valence electrons. The molecule has 0 bridgehead atoms. The van der Waals surface area contributed by atoms with E-state index in [1.165, 1.54) is 4.31 Å². The van der Waals surface area contributed by atoms with Crippen molar-refractivity contribution in [1.29, 1.82) is 0 Å². The Morgan fingerprint density at radius 2 is 1.80 bits per heavy atom. The van der Waals surface area contributed by atoms with Crippen molar-refractivity contribution in [2.24, 2.45) is 7.05 Å². The number of nitrogens with zero attached hydrogens (tertiary/aromatic N) is 4. The second-order valence-electron chi connectivity index (χ2n) is 6.28. The van der Waals surface area contributed by atoms with Gasteiger partial charge in [0.25, 0.3) is 5.91 Å². The molecular weight excluding hydrogens is 340 g/mol. The third kappa shape index (κ3) is 3.32. The topological polar surface area (TPSA) is 75.5 Å². The Hall–Kier alpha value is -2.19. The number of hydrogen-bond donors (Lipinski definition) is 0. The van der Waals surface area contributed by atoms with E-state index >= 15 is 0 Å². The van der Waals surface area contributed by atoms with Crippen LogP contribution in [0.4, 0.5) is 0 Å². The molecule has 0 aliphatic carbocycles. The molecule has 0 saturated carbocycles. The summed E-state index contributed by atoms with van der Waals surface area (Å²) in [5, 5.41) is 4.10. The van der Waals surface area contributed by atoms with E-state index in [1.54, 1.807) is 41.0 Å². The lowest BCUT2D eigenvalue weighted by atomic mass is 10.2. The van der Waals surface area contributed by atoms with Gasteiger partial charge in [-0.2, -0.15) is 9.40 Å². The smallest absolute Gasteiger partial charge is 0.257 e. The van der Waals surface area contributed by atoms with E-state index in [1.807, 2.05) is 19.9 Å². The predicted molar refractivity (Wildman–Crippen MR) is 93.8 cm³/mol. The monoisotopic (exact) mass is 362 g/mol. The Bertz CT molecular complexity index is 896. The standard InChI is InChI=1S/C17H22N4O3S/c1-13-5-4-6-15(11-13)25(23,24)21-9-7-20(8-10-21)17(22)16-12-18-19(3)14(16)2/h4-6,11-12H,7-10H2,1-3H3. The Morgan fingerprint density at radius 1 is 1.12 bits per heavy atom. The van der Waals surface area contributed by atoms with Crippen molar-refractivity contribution in [1.82, 2.24) is 19.0 Å². The average molecular weight is 362 g/mol. The first kappa shape index (κ1) is 17.6. The van der Waals surface area contributed by atoms with E-state index < -0.39 is 10.0 Å². The summed E-state index contributed by atoms with van der Waals surface area (Å²) >= 11 is 0. The van der Waals surface area contributed by atoms with E-state index in [0.717, 1.165) is 11.3 Å². The third-order valence-corrected chi connectivity index (χ3v) is 6.51. The van der Waals surface area contributed by atoms with Crippen LogP contribution in [0, 0.1) is 13.8 Å². The minimum atomic E-state index is -3.52. The average Bonchev–Trinajstić information content (AvgIpc) is 2.93. The summed E-state index contributed by atoms with van der Waals surface area (Å²) in [7, 11) is -1.73. The lowest BCUT2D eigenvalue weighted by Gasteiger charge is -2.34. The van der Waals surface area contributed by atoms with Crippen LogP contribution in [0.2, 0.25) is 0 Å². The zero-order chi connectivity index (χ0) is 18.2. The van der Waals surface area contributed by atoms with Crippen LogP contribution in [0.5, 0.6) is 0 Å². The quantitative estimate of drug-likeness (QED) is 0.822. The summed E-state index contributed by atoms with van der Waals surface area (Å²) in [6, 6.07) is 6.89. The molecular formula is C17H22N4O3S. The highest BCUT2D eigenvalue weighted by Crippen LogP contribution is 2.20. The molecule has 1 aliphatic rings. The van der Waals surface area contributed by atoms with Crippen LogP contribution in [0.1, 0.15) is 21.6 Å². The van der Waals surface area contributed by atoms with Gasteiger partial charge in [0.2, 0.25) is 10.0 Å². The third-order valence-electron chi connectivity index (χ3n) is 4.62. The summed E-state index contributed by atoms with van der Waals surface area (Å²) in [6.45, 7) is 5.05. The molecule has 2 heterocycles. The molecule has 7 nitrogen and oxygen atoms in total. The number of carbonyl (C=O) groups excluding carboxylic acids is 1. The Kier molecular flexibility index (Phi) is 4.66. The maximum Gasteiger partial charge on any atom is 0.257 e. The Labute approximate surface area is 147 Å². The molecule has 1 fully saturated rings. The van der Waals surface area contributed by atoms with Gasteiger partial charge in [-0.25, -0.2) is 8.42 Å². The van der Waals surface area contributed by atoms with Crippen molar-refractivity contribution < 1.29 is 13.2 Å². The van der Waals surface area contributed by atoms with Gasteiger partial charge in [0.05, 0.1) is 16.7 Å². The van der Waals surface area contributed by atoms with E-state index in [9.17, 15) is 13.2 Å². The predicted octanol–water partition coefficient (Wildman–Crippen LogP) is 1.18. The fourth-order valence-electron chi connectivity index (χ4n) is 2.94. The van der Waals surface area contributed by atoms with E-state index in [-0.39, 0.29) is 5.91 Å². The number of amides is 1. The fourth-order valence-corrected chi connectivity index (χ4v) is 4.46. The van der Waals surface area contributed by atoms with Crippen molar-refractivity contribution in [3.05, 3.63) is 47.3 Å². The van der Waals surface area contributed by atoms with Gasteiger partial charge in [-0.15, -0.1) is 0 Å². The number of carbonyl (C=O) groups is 1. The second kappa shape index (κ2) is 6.61. The minimum absolute atomic E-state index is 0.0989. The Balaban J connectivity index is 1.71. The molecule has 2 aromatic rings. The van der Waals surface area contributed by atoms with E-state index in [4.69, 9.17) is 0 Å². The SMILES string of the molecule is Cc1cccc(S(=O)(=O)N2CCN(C(=O)c3cnn(C)c3C)CC2)c1. The van der Waals surface area contributed by atoms with Crippen LogP contribution in [-0.2, 0) is 17.1 Å². The summed E-state index contributed by atoms with van der Waals surface area (Å²) in [4.78, 5) is 14.6. The largest absolute Gasteiger partial charge is 0.336 e. The molecule has 0 unspecified atom stereocenters. The molecule has 1 aromatic carbocycles. The molecule has 0 atom stereocenters. The number of rotatable bonds is 3. The van der Waals surface area contributed by atoms with Gasteiger partial charge in [0, 0.05) is 38.9 Å². The van der Waals surface area contributed by atoms with Crippen molar-refractivity contribution in [3.63, 3.8) is 0 Å². The molecule has 0 N–H and O–H groups in total. The number of sulfonamides is 1. The van der Waals surface area contributed by atoms with Gasteiger partial charge in [0.15, 0.2) is 0 Å². The lowest BCUT2D eigenvalue weighted by Crippen LogP contribution is -2.50. The van der Waals surface area contributed by atoms with E-state index in [2.05, 4.69) is 5.10 Å². The molecule has 25 heavy (non-hydrogen) atoms. The maximum atomic E-state index is 12.8. The van der Waals surface area contributed by atoms with Gasteiger partial charge in [-0.3, -0.25) is 9.48 Å². The lowest BCUT2D eigenvalue weighted by molar-refractivity contribution is 0.0697. The highest BCUT2D eigenvalue weighted by molar-refractivity contribution is 7.89. The zero-order valence-corrected chi connectivity index (χ0v) is 15.5. The molecule has 1 aromatic heterocycles. The highest BCUT2D eigenvalue weighted by atomic mass is 32.2. The van der Waals surface area contributed by atoms with Crippen molar-refractivity contribution in [2.75, 3.05) is 26.2 Å². The van der Waals surface area contributed by atoms with Gasteiger partial charge in [0.1, 0.15) is 0 Å². The number of piperazine rings is 1. The van der Waals surface area contributed by atoms with Gasteiger partial charge in [-0.05, 0) is 31.5 Å².